The summed E-state index contributed by atoms with van der Waals surface area (Å²) < 4.78 is 14.7. The Morgan fingerprint density at radius 1 is 0.526 bits per heavy atom. The Morgan fingerprint density at radius 3 is 1.87 bits per heavy atom. The zero-order valence-corrected chi connectivity index (χ0v) is 20.4. The van der Waals surface area contributed by atoms with Crippen molar-refractivity contribution in [3.63, 3.8) is 0 Å². The Balaban J connectivity index is 1.25. The first-order chi connectivity index (χ1) is 18.8. The predicted octanol–water partition coefficient (Wildman–Crippen LogP) is 9.67. The molecule has 0 unspecified atom stereocenters. The van der Waals surface area contributed by atoms with Crippen LogP contribution in [-0.4, -0.2) is 4.57 Å². The molecule has 3 aromatic heterocycles. The lowest BCUT2D eigenvalue weighted by molar-refractivity contribution is 0.603. The molecule has 0 bridgehead atoms. The zero-order valence-electron chi connectivity index (χ0n) is 20.4. The summed E-state index contributed by atoms with van der Waals surface area (Å²) in [5.41, 5.74) is 9.93. The van der Waals surface area contributed by atoms with Gasteiger partial charge in [0.1, 0.15) is 22.5 Å². The van der Waals surface area contributed by atoms with Crippen LogP contribution in [0.2, 0.25) is 0 Å². The third-order valence-electron chi connectivity index (χ3n) is 8.04. The van der Waals surface area contributed by atoms with E-state index < -0.39 is 0 Å². The van der Waals surface area contributed by atoms with E-state index in [1.807, 2.05) is 0 Å². The van der Waals surface area contributed by atoms with Gasteiger partial charge in [-0.25, -0.2) is 0 Å². The first kappa shape index (κ1) is 20.1. The molecule has 0 aliphatic heterocycles. The molecule has 38 heavy (non-hydrogen) atoms. The molecule has 3 nitrogen and oxygen atoms in total. The second-order valence-corrected chi connectivity index (χ2v) is 10.1. The van der Waals surface area contributed by atoms with Gasteiger partial charge in [-0.2, -0.15) is 0 Å². The van der Waals surface area contributed by atoms with E-state index in [2.05, 4.69) is 120 Å². The summed E-state index contributed by atoms with van der Waals surface area (Å²) in [6, 6.07) is 36.8. The Bertz CT molecular complexity index is 2220. The lowest BCUT2D eigenvalue weighted by Crippen LogP contribution is -1.93. The van der Waals surface area contributed by atoms with Gasteiger partial charge in [0, 0.05) is 38.2 Å². The van der Waals surface area contributed by atoms with Gasteiger partial charge in [0.2, 0.25) is 0 Å². The zero-order chi connectivity index (χ0) is 24.8. The second-order valence-electron chi connectivity index (χ2n) is 10.1. The van der Waals surface area contributed by atoms with Crippen molar-refractivity contribution in [1.82, 2.24) is 4.57 Å². The van der Waals surface area contributed by atoms with Crippen LogP contribution in [0.25, 0.3) is 77.6 Å². The average molecular weight is 488 g/mol. The number of aromatic nitrogens is 1. The maximum Gasteiger partial charge on any atom is 0.135 e. The van der Waals surface area contributed by atoms with Crippen LogP contribution in [0, 0.1) is 0 Å². The van der Waals surface area contributed by atoms with E-state index in [0.717, 1.165) is 45.4 Å². The quantitative estimate of drug-likeness (QED) is 0.243. The van der Waals surface area contributed by atoms with Crippen molar-refractivity contribution in [1.29, 1.82) is 0 Å². The van der Waals surface area contributed by atoms with Gasteiger partial charge in [0.15, 0.2) is 0 Å². The molecule has 5 aromatic carbocycles. The van der Waals surface area contributed by atoms with Crippen LogP contribution in [0.4, 0.5) is 0 Å². The van der Waals surface area contributed by atoms with Crippen LogP contribution in [0.15, 0.2) is 118 Å². The van der Waals surface area contributed by atoms with Crippen molar-refractivity contribution in [2.24, 2.45) is 0 Å². The lowest BCUT2D eigenvalue weighted by Gasteiger charge is -2.08. The molecule has 0 amide bonds. The predicted molar refractivity (Wildman–Crippen MR) is 156 cm³/mol. The van der Waals surface area contributed by atoms with Gasteiger partial charge in [-0.3, -0.25) is 0 Å². The minimum Gasteiger partial charge on any atom is -0.456 e. The summed E-state index contributed by atoms with van der Waals surface area (Å²) in [6.07, 6.45) is 5.18. The summed E-state index contributed by atoms with van der Waals surface area (Å²) in [7, 11) is 0. The topological polar surface area (TPSA) is 31.2 Å². The summed E-state index contributed by atoms with van der Waals surface area (Å²) in [5, 5.41) is 5.97. The molecular formula is C35H21NO2. The smallest absolute Gasteiger partial charge is 0.135 e. The van der Waals surface area contributed by atoms with Crippen molar-refractivity contribution in [2.75, 3.05) is 0 Å². The minimum absolute atomic E-state index is 0.899. The highest BCUT2D eigenvalue weighted by atomic mass is 16.3. The minimum atomic E-state index is 0.899. The number of rotatable bonds is 2. The third-order valence-corrected chi connectivity index (χ3v) is 8.04. The van der Waals surface area contributed by atoms with Crippen LogP contribution in [0.1, 0.15) is 11.3 Å². The maximum absolute atomic E-state index is 6.28. The summed E-state index contributed by atoms with van der Waals surface area (Å²) in [4.78, 5) is 0. The Kier molecular flexibility index (Phi) is 3.84. The molecule has 178 valence electrons. The molecular weight excluding hydrogens is 466 g/mol. The summed E-state index contributed by atoms with van der Waals surface area (Å²) in [5.74, 6) is 0.992. The first-order valence-electron chi connectivity index (χ1n) is 13.0. The molecule has 3 heteroatoms. The van der Waals surface area contributed by atoms with E-state index in [4.69, 9.17) is 8.83 Å². The van der Waals surface area contributed by atoms with Crippen molar-refractivity contribution in [3.8, 4) is 16.8 Å². The van der Waals surface area contributed by atoms with Crippen LogP contribution in [-0.2, 0) is 6.42 Å². The molecule has 0 radical (unpaired) electrons. The average Bonchev–Trinajstić information content (AvgIpc) is 3.72. The molecule has 3 heterocycles. The van der Waals surface area contributed by atoms with E-state index in [9.17, 15) is 0 Å². The van der Waals surface area contributed by atoms with Crippen LogP contribution in [0.5, 0.6) is 0 Å². The monoisotopic (exact) mass is 487 g/mol. The number of hydrogen-bond acceptors (Lipinski definition) is 2. The van der Waals surface area contributed by atoms with Crippen LogP contribution in [0.3, 0.4) is 0 Å². The molecule has 1 aliphatic rings. The van der Waals surface area contributed by atoms with Gasteiger partial charge in [0.05, 0.1) is 11.0 Å². The fourth-order valence-corrected chi connectivity index (χ4v) is 6.26. The number of hydrogen-bond donors (Lipinski definition) is 0. The van der Waals surface area contributed by atoms with Crippen LogP contribution < -0.4 is 0 Å². The highest BCUT2D eigenvalue weighted by Gasteiger charge is 2.17. The summed E-state index contributed by atoms with van der Waals surface area (Å²) >= 11 is 0. The fourth-order valence-electron chi connectivity index (χ4n) is 6.26. The molecule has 9 rings (SSSR count). The molecule has 0 saturated carbocycles. The van der Waals surface area contributed by atoms with Crippen molar-refractivity contribution < 1.29 is 8.83 Å². The Labute approximate surface area is 217 Å². The van der Waals surface area contributed by atoms with Gasteiger partial charge in [-0.05, 0) is 78.2 Å². The van der Waals surface area contributed by atoms with Gasteiger partial charge in [0.25, 0.3) is 0 Å². The first-order valence-corrected chi connectivity index (χ1v) is 13.0. The SMILES string of the molecule is C1=Cc2oc3ccc(-c4ccc5oc6ccc(-n7c8ccccc8c8ccccc87)cc6c5c4)cc3c2C1. The van der Waals surface area contributed by atoms with E-state index in [1.54, 1.807) is 0 Å². The van der Waals surface area contributed by atoms with Gasteiger partial charge in [-0.1, -0.05) is 54.6 Å². The number of nitrogens with zero attached hydrogens (tertiary/aromatic N) is 1. The summed E-state index contributed by atoms with van der Waals surface area (Å²) in [6.45, 7) is 0. The number of furan rings is 2. The van der Waals surface area contributed by atoms with E-state index in [1.165, 1.54) is 43.9 Å². The molecule has 8 aromatic rings. The number of benzene rings is 5. The lowest BCUT2D eigenvalue weighted by atomic mass is 10.00. The Hall–Kier alpha value is -5.02. The highest BCUT2D eigenvalue weighted by Crippen LogP contribution is 2.38. The molecule has 0 fully saturated rings. The molecule has 0 saturated heterocycles. The second kappa shape index (κ2) is 7.27. The van der Waals surface area contributed by atoms with Crippen molar-refractivity contribution in [2.45, 2.75) is 6.42 Å². The maximum atomic E-state index is 6.28. The third kappa shape index (κ3) is 2.68. The highest BCUT2D eigenvalue weighted by molar-refractivity contribution is 6.11. The van der Waals surface area contributed by atoms with E-state index >= 15 is 0 Å². The standard InChI is InChI=1S/C35H21NO2/c1-3-9-30-24(6-1)25-7-2-4-10-31(25)36(30)23-14-17-35-29(20-23)28-19-22(13-16-34(28)38-35)21-12-15-33-27(18-21)26-8-5-11-32(26)37-33/h1-7,9-20H,8H2. The van der Waals surface area contributed by atoms with Gasteiger partial charge < -0.3 is 13.4 Å². The molecule has 0 atom stereocenters. The van der Waals surface area contributed by atoms with E-state index in [0.29, 0.717) is 0 Å². The van der Waals surface area contributed by atoms with Crippen LogP contribution >= 0.6 is 0 Å². The number of para-hydroxylation sites is 2. The molecule has 0 N–H and O–H groups in total. The molecule has 0 spiro atoms. The van der Waals surface area contributed by atoms with Gasteiger partial charge in [-0.15, -0.1) is 0 Å². The fraction of sp³-hybridized carbons (Fsp3) is 0.0286. The normalized spacial score (nSPS) is 13.1. The van der Waals surface area contributed by atoms with Crippen molar-refractivity contribution >= 4 is 60.8 Å². The Morgan fingerprint density at radius 2 is 1.13 bits per heavy atom. The van der Waals surface area contributed by atoms with Crippen molar-refractivity contribution in [3.05, 3.63) is 121 Å². The largest absolute Gasteiger partial charge is 0.456 e. The van der Waals surface area contributed by atoms with E-state index in [-0.39, 0.29) is 0 Å². The number of fused-ring (bicyclic) bond motifs is 9. The number of allylic oxidation sites excluding steroid dienone is 1. The van der Waals surface area contributed by atoms with Gasteiger partial charge >= 0.3 is 0 Å². The molecule has 1 aliphatic carbocycles.